The molecular formula is C19H31FN4O. The molecule has 0 radical (unpaired) electrons. The lowest BCUT2D eigenvalue weighted by Crippen LogP contribution is -2.59. The maximum atomic E-state index is 13.3. The molecule has 1 fully saturated rings. The van der Waals surface area contributed by atoms with Crippen molar-refractivity contribution >= 4 is 5.96 Å². The predicted molar refractivity (Wildman–Crippen MR) is 100 cm³/mol. The topological polar surface area (TPSA) is 48.9 Å². The molecule has 2 unspecified atom stereocenters. The van der Waals surface area contributed by atoms with Crippen molar-refractivity contribution < 1.29 is 9.13 Å². The lowest BCUT2D eigenvalue weighted by atomic mass is 10.00. The van der Waals surface area contributed by atoms with Crippen LogP contribution in [-0.4, -0.2) is 55.3 Å². The van der Waals surface area contributed by atoms with Crippen molar-refractivity contribution in [3.8, 4) is 0 Å². The Morgan fingerprint density at radius 2 is 1.96 bits per heavy atom. The summed E-state index contributed by atoms with van der Waals surface area (Å²) >= 11 is 0. The summed E-state index contributed by atoms with van der Waals surface area (Å²) in [5.74, 6) is 0.491. The molecule has 140 valence electrons. The van der Waals surface area contributed by atoms with E-state index in [0.29, 0.717) is 12.5 Å². The van der Waals surface area contributed by atoms with Crippen molar-refractivity contribution in [1.29, 1.82) is 0 Å². The molecule has 25 heavy (non-hydrogen) atoms. The smallest absolute Gasteiger partial charge is 0.191 e. The van der Waals surface area contributed by atoms with Crippen LogP contribution in [0.1, 0.15) is 33.3 Å². The minimum Gasteiger partial charge on any atom is -0.373 e. The molecule has 1 aromatic carbocycles. The Bertz CT molecular complexity index is 581. The second-order valence-corrected chi connectivity index (χ2v) is 7.38. The minimum absolute atomic E-state index is 0.0250. The van der Waals surface area contributed by atoms with Gasteiger partial charge in [-0.3, -0.25) is 9.89 Å². The Hall–Kier alpha value is -1.66. The number of halogens is 1. The number of benzene rings is 1. The first-order valence-electron chi connectivity index (χ1n) is 8.89. The van der Waals surface area contributed by atoms with Gasteiger partial charge in [0.2, 0.25) is 0 Å². The van der Waals surface area contributed by atoms with Gasteiger partial charge in [-0.2, -0.15) is 0 Å². The highest BCUT2D eigenvalue weighted by atomic mass is 19.1. The van der Waals surface area contributed by atoms with Crippen molar-refractivity contribution in [3.05, 3.63) is 35.6 Å². The molecule has 1 heterocycles. The van der Waals surface area contributed by atoms with Gasteiger partial charge in [0, 0.05) is 38.8 Å². The number of guanidine groups is 1. The van der Waals surface area contributed by atoms with Crippen LogP contribution in [0.15, 0.2) is 29.3 Å². The van der Waals surface area contributed by atoms with Crippen LogP contribution in [0.3, 0.4) is 0 Å². The first-order valence-corrected chi connectivity index (χ1v) is 8.89. The van der Waals surface area contributed by atoms with E-state index in [9.17, 15) is 4.39 Å². The molecule has 1 aliphatic rings. The van der Waals surface area contributed by atoms with Gasteiger partial charge in [0.1, 0.15) is 5.82 Å². The number of hydrogen-bond acceptors (Lipinski definition) is 3. The summed E-state index contributed by atoms with van der Waals surface area (Å²) in [4.78, 5) is 6.72. The summed E-state index contributed by atoms with van der Waals surface area (Å²) in [6, 6.07) is 6.58. The zero-order valence-corrected chi connectivity index (χ0v) is 16.0. The highest BCUT2D eigenvalue weighted by molar-refractivity contribution is 5.79. The molecule has 2 atom stereocenters. The summed E-state index contributed by atoms with van der Waals surface area (Å²) in [5, 5.41) is 6.62. The zero-order valence-electron chi connectivity index (χ0n) is 16.0. The molecule has 2 N–H and O–H groups in total. The van der Waals surface area contributed by atoms with Gasteiger partial charge in [-0.05, 0) is 45.4 Å². The standard InChI is InChI=1S/C19H31FN4O/c1-14-11-24(12-15(2)25-14)19(3,4)13-23-18(21-5)22-10-16-7-6-8-17(20)9-16/h6-9,14-15H,10-13H2,1-5H3,(H2,21,22,23). The molecule has 0 aliphatic carbocycles. The first kappa shape index (κ1) is 19.7. The van der Waals surface area contributed by atoms with E-state index in [1.54, 1.807) is 13.1 Å². The minimum atomic E-state index is -0.223. The van der Waals surface area contributed by atoms with Crippen LogP contribution < -0.4 is 10.6 Å². The number of ether oxygens (including phenoxy) is 1. The summed E-state index contributed by atoms with van der Waals surface area (Å²) in [5.41, 5.74) is 0.862. The van der Waals surface area contributed by atoms with Gasteiger partial charge >= 0.3 is 0 Å². The molecule has 5 nitrogen and oxygen atoms in total. The lowest BCUT2D eigenvalue weighted by Gasteiger charge is -2.45. The van der Waals surface area contributed by atoms with Crippen molar-refractivity contribution in [2.75, 3.05) is 26.7 Å². The summed E-state index contributed by atoms with van der Waals surface area (Å²) in [7, 11) is 1.74. The highest BCUT2D eigenvalue weighted by Crippen LogP contribution is 2.20. The van der Waals surface area contributed by atoms with E-state index < -0.39 is 0 Å². The second kappa shape index (κ2) is 8.63. The molecular weight excluding hydrogens is 319 g/mol. The maximum Gasteiger partial charge on any atom is 0.191 e. The summed E-state index contributed by atoms with van der Waals surface area (Å²) < 4.78 is 19.1. The van der Waals surface area contributed by atoms with Crippen molar-refractivity contribution in [2.24, 2.45) is 4.99 Å². The summed E-state index contributed by atoms with van der Waals surface area (Å²) in [6.07, 6.45) is 0.488. The number of hydrogen-bond donors (Lipinski definition) is 2. The lowest BCUT2D eigenvalue weighted by molar-refractivity contribution is -0.0946. The molecule has 6 heteroatoms. The van der Waals surface area contributed by atoms with Crippen molar-refractivity contribution in [3.63, 3.8) is 0 Å². The Kier molecular flexibility index (Phi) is 6.79. The highest BCUT2D eigenvalue weighted by Gasteiger charge is 2.33. The van der Waals surface area contributed by atoms with E-state index in [0.717, 1.165) is 25.2 Å². The number of nitrogens with zero attached hydrogens (tertiary/aromatic N) is 2. The normalized spacial score (nSPS) is 22.7. The van der Waals surface area contributed by atoms with Gasteiger partial charge in [0.15, 0.2) is 5.96 Å². The van der Waals surface area contributed by atoms with Crippen LogP contribution >= 0.6 is 0 Å². The van der Waals surface area contributed by atoms with Gasteiger partial charge in [0.25, 0.3) is 0 Å². The Morgan fingerprint density at radius 3 is 2.56 bits per heavy atom. The third-order valence-electron chi connectivity index (χ3n) is 4.54. The van der Waals surface area contributed by atoms with Crippen LogP contribution in [0.5, 0.6) is 0 Å². The fourth-order valence-electron chi connectivity index (χ4n) is 3.14. The van der Waals surface area contributed by atoms with E-state index >= 15 is 0 Å². The average molecular weight is 350 g/mol. The van der Waals surface area contributed by atoms with Gasteiger partial charge in [0.05, 0.1) is 12.2 Å². The van der Waals surface area contributed by atoms with Crippen LogP contribution in [0.2, 0.25) is 0 Å². The van der Waals surface area contributed by atoms with Crippen LogP contribution in [-0.2, 0) is 11.3 Å². The van der Waals surface area contributed by atoms with Crippen LogP contribution in [0.4, 0.5) is 4.39 Å². The molecule has 1 saturated heterocycles. The number of morpholine rings is 1. The van der Waals surface area contributed by atoms with Gasteiger partial charge < -0.3 is 15.4 Å². The Morgan fingerprint density at radius 1 is 1.28 bits per heavy atom. The molecule has 0 saturated carbocycles. The number of aliphatic imine (C=N–C) groups is 1. The first-order chi connectivity index (χ1) is 11.8. The number of nitrogens with one attached hydrogen (secondary N) is 2. The fourth-order valence-corrected chi connectivity index (χ4v) is 3.14. The zero-order chi connectivity index (χ0) is 18.4. The monoisotopic (exact) mass is 350 g/mol. The summed E-state index contributed by atoms with van der Waals surface area (Å²) in [6.45, 7) is 11.8. The van der Waals surface area contributed by atoms with Crippen LogP contribution in [0.25, 0.3) is 0 Å². The van der Waals surface area contributed by atoms with E-state index in [1.165, 1.54) is 12.1 Å². The van der Waals surface area contributed by atoms with E-state index in [-0.39, 0.29) is 23.6 Å². The third kappa shape index (κ3) is 5.97. The largest absolute Gasteiger partial charge is 0.373 e. The molecule has 1 aliphatic heterocycles. The van der Waals surface area contributed by atoms with Gasteiger partial charge in [-0.25, -0.2) is 4.39 Å². The van der Waals surface area contributed by atoms with E-state index in [1.807, 2.05) is 6.07 Å². The van der Waals surface area contributed by atoms with Gasteiger partial charge in [-0.15, -0.1) is 0 Å². The predicted octanol–water partition coefficient (Wildman–Crippen LogP) is 2.38. The Balaban J connectivity index is 1.86. The molecule has 0 amide bonds. The van der Waals surface area contributed by atoms with Crippen LogP contribution in [0, 0.1) is 5.82 Å². The third-order valence-corrected chi connectivity index (χ3v) is 4.54. The van der Waals surface area contributed by atoms with E-state index in [2.05, 4.69) is 48.2 Å². The average Bonchev–Trinajstić information content (AvgIpc) is 2.54. The van der Waals surface area contributed by atoms with Crippen molar-refractivity contribution in [1.82, 2.24) is 15.5 Å². The molecule has 1 aromatic rings. The quantitative estimate of drug-likeness (QED) is 0.632. The second-order valence-electron chi connectivity index (χ2n) is 7.38. The Labute approximate surface area is 150 Å². The molecule has 0 spiro atoms. The van der Waals surface area contributed by atoms with E-state index in [4.69, 9.17) is 4.74 Å². The molecule has 0 bridgehead atoms. The maximum absolute atomic E-state index is 13.3. The van der Waals surface area contributed by atoms with Crippen molar-refractivity contribution in [2.45, 2.75) is 52.0 Å². The number of rotatable bonds is 5. The molecule has 2 rings (SSSR count). The molecule has 0 aromatic heterocycles. The SMILES string of the molecule is CN=C(NCc1cccc(F)c1)NCC(C)(C)N1CC(C)OC(C)C1. The van der Waals surface area contributed by atoms with Gasteiger partial charge in [-0.1, -0.05) is 12.1 Å². The fraction of sp³-hybridized carbons (Fsp3) is 0.632.